The molecule has 3 aromatic carbocycles. The number of rotatable bonds is 10. The molecule has 5 nitrogen and oxygen atoms in total. The van der Waals surface area contributed by atoms with Crippen LogP contribution in [0, 0.1) is 0 Å². The largest absolute Gasteiger partial charge is 0.497 e. The summed E-state index contributed by atoms with van der Waals surface area (Å²) < 4.78 is 19.5. The second-order valence-electron chi connectivity index (χ2n) is 7.41. The summed E-state index contributed by atoms with van der Waals surface area (Å²) in [7, 11) is 1.66. The summed E-state index contributed by atoms with van der Waals surface area (Å²) in [4.78, 5) is 4.87. The van der Waals surface area contributed by atoms with Gasteiger partial charge in [-0.3, -0.25) is 0 Å². The van der Waals surface area contributed by atoms with Crippen molar-refractivity contribution in [3.8, 4) is 17.2 Å². The number of para-hydroxylation sites is 3. The van der Waals surface area contributed by atoms with Gasteiger partial charge in [0, 0.05) is 6.54 Å². The van der Waals surface area contributed by atoms with Gasteiger partial charge >= 0.3 is 0 Å². The molecule has 4 rings (SSSR count). The minimum atomic E-state index is -0.148. The predicted octanol–water partition coefficient (Wildman–Crippen LogP) is 6.04. The molecule has 0 bridgehead atoms. The summed E-state index contributed by atoms with van der Waals surface area (Å²) in [5.74, 6) is 3.49. The lowest BCUT2D eigenvalue weighted by molar-refractivity contribution is 0.211. The maximum Gasteiger partial charge on any atom is 0.153 e. The van der Waals surface area contributed by atoms with Gasteiger partial charge in [0.25, 0.3) is 0 Å². The van der Waals surface area contributed by atoms with Crippen molar-refractivity contribution in [2.45, 2.75) is 32.4 Å². The standard InChI is InChI=1S/C26H28N2O3/c1-20(31-23-10-4-3-5-11-23)26-27-24-12-6-7-13-25(24)28(26)18-8-9-19-30-22-16-14-21(29-2)15-17-22/h3-7,10-17,20H,8-9,18-19H2,1-2H3. The van der Waals surface area contributed by atoms with Crippen molar-refractivity contribution in [2.24, 2.45) is 0 Å². The van der Waals surface area contributed by atoms with E-state index in [-0.39, 0.29) is 6.10 Å². The first-order chi connectivity index (χ1) is 15.2. The Bertz CT molecular complexity index is 1090. The van der Waals surface area contributed by atoms with Crippen LogP contribution in [0.5, 0.6) is 17.2 Å². The topological polar surface area (TPSA) is 45.5 Å². The van der Waals surface area contributed by atoms with Crippen LogP contribution in [0.15, 0.2) is 78.9 Å². The number of aromatic nitrogens is 2. The van der Waals surface area contributed by atoms with Gasteiger partial charge in [0.2, 0.25) is 0 Å². The van der Waals surface area contributed by atoms with Crippen molar-refractivity contribution >= 4 is 11.0 Å². The molecule has 0 saturated carbocycles. The Labute approximate surface area is 183 Å². The number of fused-ring (bicyclic) bond motifs is 1. The lowest BCUT2D eigenvalue weighted by Gasteiger charge is -2.17. The van der Waals surface area contributed by atoms with Crippen molar-refractivity contribution in [3.05, 3.63) is 84.7 Å². The SMILES string of the molecule is COc1ccc(OCCCCn2c(C(C)Oc3ccccc3)nc3ccccc32)cc1. The molecule has 31 heavy (non-hydrogen) atoms. The molecule has 1 unspecified atom stereocenters. The van der Waals surface area contributed by atoms with Gasteiger partial charge in [0.1, 0.15) is 17.2 Å². The van der Waals surface area contributed by atoms with Crippen molar-refractivity contribution in [2.75, 3.05) is 13.7 Å². The summed E-state index contributed by atoms with van der Waals surface area (Å²) in [6.07, 6.45) is 1.79. The van der Waals surface area contributed by atoms with Crippen LogP contribution in [0.3, 0.4) is 0 Å². The lowest BCUT2D eigenvalue weighted by Crippen LogP contribution is -2.12. The highest BCUT2D eigenvalue weighted by Crippen LogP contribution is 2.25. The highest BCUT2D eigenvalue weighted by Gasteiger charge is 2.17. The fraction of sp³-hybridized carbons (Fsp3) is 0.269. The number of imidazole rings is 1. The third-order valence-corrected chi connectivity index (χ3v) is 5.21. The molecule has 0 aliphatic carbocycles. The second-order valence-corrected chi connectivity index (χ2v) is 7.41. The summed E-state index contributed by atoms with van der Waals surface area (Å²) in [6.45, 7) is 3.59. The molecular weight excluding hydrogens is 388 g/mol. The smallest absolute Gasteiger partial charge is 0.153 e. The van der Waals surface area contributed by atoms with E-state index in [0.717, 1.165) is 53.5 Å². The third kappa shape index (κ3) is 5.18. The van der Waals surface area contributed by atoms with E-state index in [2.05, 4.69) is 29.7 Å². The zero-order valence-electron chi connectivity index (χ0n) is 18.0. The van der Waals surface area contributed by atoms with Gasteiger partial charge in [0.15, 0.2) is 11.9 Å². The average Bonchev–Trinajstić information content (AvgIpc) is 3.19. The number of ether oxygens (including phenoxy) is 3. The maximum atomic E-state index is 6.16. The Morgan fingerprint density at radius 3 is 2.29 bits per heavy atom. The minimum absolute atomic E-state index is 0.148. The first kappa shape index (κ1) is 20.8. The van der Waals surface area contributed by atoms with Crippen molar-refractivity contribution < 1.29 is 14.2 Å². The van der Waals surface area contributed by atoms with Gasteiger partial charge < -0.3 is 18.8 Å². The quantitative estimate of drug-likeness (QED) is 0.296. The monoisotopic (exact) mass is 416 g/mol. The second kappa shape index (κ2) is 10.0. The highest BCUT2D eigenvalue weighted by molar-refractivity contribution is 5.76. The Hall–Kier alpha value is -3.47. The zero-order chi connectivity index (χ0) is 21.5. The summed E-state index contributed by atoms with van der Waals surface area (Å²) >= 11 is 0. The third-order valence-electron chi connectivity index (χ3n) is 5.21. The van der Waals surface area contributed by atoms with Crippen LogP contribution in [-0.2, 0) is 6.54 Å². The van der Waals surface area contributed by atoms with E-state index in [0.29, 0.717) is 6.61 Å². The molecule has 5 heteroatoms. The number of hydrogen-bond donors (Lipinski definition) is 0. The molecule has 4 aromatic rings. The molecule has 0 saturated heterocycles. The van der Waals surface area contributed by atoms with E-state index in [1.807, 2.05) is 60.7 Å². The Balaban J connectivity index is 1.39. The van der Waals surface area contributed by atoms with Crippen LogP contribution in [0.1, 0.15) is 31.7 Å². The van der Waals surface area contributed by atoms with Crippen molar-refractivity contribution in [3.63, 3.8) is 0 Å². The van der Waals surface area contributed by atoms with E-state index in [1.54, 1.807) is 7.11 Å². The molecular formula is C26H28N2O3. The van der Waals surface area contributed by atoms with Gasteiger partial charge in [-0.25, -0.2) is 4.98 Å². The van der Waals surface area contributed by atoms with Crippen LogP contribution in [0.4, 0.5) is 0 Å². The van der Waals surface area contributed by atoms with E-state index >= 15 is 0 Å². The maximum absolute atomic E-state index is 6.16. The number of unbranched alkanes of at least 4 members (excludes halogenated alkanes) is 1. The molecule has 0 aliphatic rings. The Morgan fingerprint density at radius 2 is 1.52 bits per heavy atom. The molecule has 1 aromatic heterocycles. The molecule has 1 heterocycles. The molecule has 0 fully saturated rings. The minimum Gasteiger partial charge on any atom is -0.497 e. The molecule has 0 radical (unpaired) electrons. The van der Waals surface area contributed by atoms with E-state index in [4.69, 9.17) is 19.2 Å². The van der Waals surface area contributed by atoms with Crippen molar-refractivity contribution in [1.29, 1.82) is 0 Å². The average molecular weight is 417 g/mol. The van der Waals surface area contributed by atoms with Gasteiger partial charge in [-0.15, -0.1) is 0 Å². The van der Waals surface area contributed by atoms with E-state index in [1.165, 1.54) is 0 Å². The fourth-order valence-corrected chi connectivity index (χ4v) is 3.63. The van der Waals surface area contributed by atoms with Crippen molar-refractivity contribution in [1.82, 2.24) is 9.55 Å². The normalized spacial score (nSPS) is 11.9. The predicted molar refractivity (Wildman–Crippen MR) is 123 cm³/mol. The van der Waals surface area contributed by atoms with Crippen LogP contribution in [-0.4, -0.2) is 23.3 Å². The number of hydrogen-bond acceptors (Lipinski definition) is 4. The van der Waals surface area contributed by atoms with E-state index in [9.17, 15) is 0 Å². The van der Waals surface area contributed by atoms with Gasteiger partial charge in [-0.05, 0) is 68.3 Å². The van der Waals surface area contributed by atoms with Crippen LogP contribution in [0.25, 0.3) is 11.0 Å². The fourth-order valence-electron chi connectivity index (χ4n) is 3.63. The summed E-state index contributed by atoms with van der Waals surface area (Å²) in [5.41, 5.74) is 2.13. The first-order valence-corrected chi connectivity index (χ1v) is 10.7. The molecule has 0 N–H and O–H groups in total. The number of benzene rings is 3. The van der Waals surface area contributed by atoms with Crippen LogP contribution >= 0.6 is 0 Å². The lowest BCUT2D eigenvalue weighted by atomic mass is 10.2. The highest BCUT2D eigenvalue weighted by atomic mass is 16.5. The Kier molecular flexibility index (Phi) is 6.72. The van der Waals surface area contributed by atoms with Crippen LogP contribution in [0.2, 0.25) is 0 Å². The summed E-state index contributed by atoms with van der Waals surface area (Å²) in [5, 5.41) is 0. The zero-order valence-corrected chi connectivity index (χ0v) is 18.0. The van der Waals surface area contributed by atoms with Gasteiger partial charge in [-0.2, -0.15) is 0 Å². The first-order valence-electron chi connectivity index (χ1n) is 10.7. The van der Waals surface area contributed by atoms with Crippen LogP contribution < -0.4 is 14.2 Å². The Morgan fingerprint density at radius 1 is 0.806 bits per heavy atom. The number of methoxy groups -OCH3 is 1. The summed E-state index contributed by atoms with van der Waals surface area (Å²) in [6, 6.07) is 25.8. The molecule has 0 spiro atoms. The van der Waals surface area contributed by atoms with E-state index < -0.39 is 0 Å². The van der Waals surface area contributed by atoms with Gasteiger partial charge in [0.05, 0.1) is 24.8 Å². The van der Waals surface area contributed by atoms with Gasteiger partial charge in [-0.1, -0.05) is 30.3 Å². The number of aryl methyl sites for hydroxylation is 1. The molecule has 0 amide bonds. The molecule has 1 atom stereocenters. The number of nitrogens with zero attached hydrogens (tertiary/aromatic N) is 2. The molecule has 0 aliphatic heterocycles. The molecule has 160 valence electrons.